The number of aryl methyl sites for hydroxylation is 1. The highest BCUT2D eigenvalue weighted by atomic mass is 16.1. The van der Waals surface area contributed by atoms with Crippen molar-refractivity contribution in [2.45, 2.75) is 39.5 Å². The van der Waals surface area contributed by atoms with E-state index in [0.29, 0.717) is 12.3 Å². The maximum Gasteiger partial charge on any atom is 0.143 e. The van der Waals surface area contributed by atoms with E-state index in [4.69, 9.17) is 0 Å². The summed E-state index contributed by atoms with van der Waals surface area (Å²) in [7, 11) is 0. The fraction of sp³-hybridized carbons (Fsp3) is 0.591. The third-order valence-corrected chi connectivity index (χ3v) is 5.79. The molecule has 1 saturated heterocycles. The second-order valence-electron chi connectivity index (χ2n) is 7.81. The number of Topliss-reactive ketones (excluding diaryl/α,β-unsaturated/α-hetero) is 1. The minimum absolute atomic E-state index is 0.294. The number of ketones is 1. The summed E-state index contributed by atoms with van der Waals surface area (Å²) in [6.07, 6.45) is 7.42. The fourth-order valence-corrected chi connectivity index (χ4v) is 4.21. The lowest BCUT2D eigenvalue weighted by molar-refractivity contribution is -0.118. The first kappa shape index (κ1) is 18.3. The number of hydrogen-bond acceptors (Lipinski definition) is 3. The molecule has 1 aromatic rings. The predicted octanol–water partition coefficient (Wildman–Crippen LogP) is 3.78. The molecule has 0 bridgehead atoms. The molecule has 25 heavy (non-hydrogen) atoms. The van der Waals surface area contributed by atoms with Gasteiger partial charge < -0.3 is 0 Å². The van der Waals surface area contributed by atoms with Crippen LogP contribution in [0.25, 0.3) is 5.57 Å². The lowest BCUT2D eigenvalue weighted by atomic mass is 9.92. The summed E-state index contributed by atoms with van der Waals surface area (Å²) in [6, 6.07) is 8.73. The summed E-state index contributed by atoms with van der Waals surface area (Å²) >= 11 is 0. The lowest BCUT2D eigenvalue weighted by Crippen LogP contribution is -2.38. The van der Waals surface area contributed by atoms with E-state index in [2.05, 4.69) is 47.1 Å². The molecule has 0 unspecified atom stereocenters. The average molecular weight is 341 g/mol. The molecule has 0 radical (unpaired) electrons. The second-order valence-corrected chi connectivity index (χ2v) is 7.81. The Morgan fingerprint density at radius 2 is 1.88 bits per heavy atom. The molecule has 3 heteroatoms. The lowest BCUT2D eigenvalue weighted by Gasteiger charge is -2.33. The van der Waals surface area contributed by atoms with Crippen LogP contribution < -0.4 is 0 Å². The molecule has 0 amide bonds. The molecule has 136 valence electrons. The number of hydrogen-bond donors (Lipinski definition) is 0. The monoisotopic (exact) mass is 340 g/mol. The van der Waals surface area contributed by atoms with Crippen molar-refractivity contribution in [1.82, 2.24) is 9.80 Å². The Bertz CT molecular complexity index is 614. The van der Waals surface area contributed by atoms with Crippen molar-refractivity contribution < 1.29 is 4.79 Å². The number of carbonyl (C=O) groups is 1. The summed E-state index contributed by atoms with van der Waals surface area (Å²) in [6.45, 7) is 10.2. The number of likely N-dealkylation sites (tertiary alicyclic amines) is 1. The number of nitrogens with zero attached hydrogens (tertiary/aromatic N) is 2. The van der Waals surface area contributed by atoms with E-state index in [1.165, 1.54) is 55.5 Å². The summed E-state index contributed by atoms with van der Waals surface area (Å²) < 4.78 is 0. The van der Waals surface area contributed by atoms with Crippen LogP contribution in [0.3, 0.4) is 0 Å². The Balaban J connectivity index is 1.41. The molecule has 0 atom stereocenters. The summed E-state index contributed by atoms with van der Waals surface area (Å²) in [5.74, 6) is 1.13. The zero-order valence-corrected chi connectivity index (χ0v) is 15.8. The molecule has 0 aromatic heterocycles. The summed E-state index contributed by atoms with van der Waals surface area (Å²) in [4.78, 5) is 16.1. The Hall–Kier alpha value is -1.45. The largest absolute Gasteiger partial charge is 0.299 e. The summed E-state index contributed by atoms with van der Waals surface area (Å²) in [5, 5.41) is 0. The van der Waals surface area contributed by atoms with Gasteiger partial charge in [-0.1, -0.05) is 30.3 Å². The SMILES string of the molecule is CC(=O)CN1CCC(CCN2CC=C(c3ccccc3C)CC2)CC1. The van der Waals surface area contributed by atoms with Crippen LogP contribution in [0.15, 0.2) is 30.3 Å². The predicted molar refractivity (Wildman–Crippen MR) is 105 cm³/mol. The van der Waals surface area contributed by atoms with Crippen molar-refractivity contribution in [2.24, 2.45) is 5.92 Å². The topological polar surface area (TPSA) is 23.6 Å². The molecule has 0 spiro atoms. The first-order chi connectivity index (χ1) is 12.1. The minimum Gasteiger partial charge on any atom is -0.299 e. The van der Waals surface area contributed by atoms with E-state index in [9.17, 15) is 4.79 Å². The highest BCUT2D eigenvalue weighted by Crippen LogP contribution is 2.26. The molecule has 2 heterocycles. The van der Waals surface area contributed by atoms with Gasteiger partial charge >= 0.3 is 0 Å². The highest BCUT2D eigenvalue weighted by Gasteiger charge is 2.21. The van der Waals surface area contributed by atoms with Crippen molar-refractivity contribution >= 4 is 11.4 Å². The van der Waals surface area contributed by atoms with Gasteiger partial charge in [-0.2, -0.15) is 0 Å². The first-order valence-corrected chi connectivity index (χ1v) is 9.81. The zero-order chi connectivity index (χ0) is 17.6. The van der Waals surface area contributed by atoms with Gasteiger partial charge in [0.05, 0.1) is 6.54 Å². The van der Waals surface area contributed by atoms with E-state index in [1.807, 2.05) is 0 Å². The van der Waals surface area contributed by atoms with E-state index in [1.54, 1.807) is 6.92 Å². The molecule has 2 aliphatic rings. The molecule has 2 aliphatic heterocycles. The van der Waals surface area contributed by atoms with Crippen LogP contribution in [0, 0.1) is 12.8 Å². The van der Waals surface area contributed by atoms with Crippen molar-refractivity contribution in [3.05, 3.63) is 41.5 Å². The Morgan fingerprint density at radius 1 is 1.12 bits per heavy atom. The van der Waals surface area contributed by atoms with Gasteiger partial charge in [-0.15, -0.1) is 0 Å². The van der Waals surface area contributed by atoms with Crippen LogP contribution >= 0.6 is 0 Å². The molecule has 1 aromatic carbocycles. The van der Waals surface area contributed by atoms with Gasteiger partial charge in [0.15, 0.2) is 0 Å². The van der Waals surface area contributed by atoms with Gasteiger partial charge in [0.25, 0.3) is 0 Å². The smallest absolute Gasteiger partial charge is 0.143 e. The quantitative estimate of drug-likeness (QED) is 0.787. The first-order valence-electron chi connectivity index (χ1n) is 9.81. The zero-order valence-electron chi connectivity index (χ0n) is 15.8. The molecule has 0 saturated carbocycles. The Morgan fingerprint density at radius 3 is 2.52 bits per heavy atom. The number of carbonyl (C=O) groups excluding carboxylic acids is 1. The van der Waals surface area contributed by atoms with Crippen LogP contribution in [0.4, 0.5) is 0 Å². The van der Waals surface area contributed by atoms with Crippen molar-refractivity contribution in [1.29, 1.82) is 0 Å². The normalized spacial score (nSPS) is 20.5. The standard InChI is InChI=1S/C22H32N2O/c1-18-5-3-4-6-22(18)21-10-15-23(16-11-21)12-7-20-8-13-24(14-9-20)17-19(2)25/h3-6,10,20H,7-9,11-17H2,1-2H3. The molecule has 0 N–H and O–H groups in total. The van der Waals surface area contributed by atoms with Gasteiger partial charge in [-0.05, 0) is 81.8 Å². The molecule has 0 aliphatic carbocycles. The van der Waals surface area contributed by atoms with E-state index in [0.717, 1.165) is 25.6 Å². The van der Waals surface area contributed by atoms with Crippen molar-refractivity contribution in [2.75, 3.05) is 39.3 Å². The molecular formula is C22H32N2O. The fourth-order valence-electron chi connectivity index (χ4n) is 4.21. The van der Waals surface area contributed by atoms with Crippen LogP contribution in [0.1, 0.15) is 43.7 Å². The number of piperidine rings is 1. The average Bonchev–Trinajstić information content (AvgIpc) is 2.62. The van der Waals surface area contributed by atoms with Gasteiger partial charge in [0, 0.05) is 13.1 Å². The maximum absolute atomic E-state index is 11.2. The van der Waals surface area contributed by atoms with Crippen LogP contribution in [0.5, 0.6) is 0 Å². The van der Waals surface area contributed by atoms with E-state index >= 15 is 0 Å². The molecule has 3 rings (SSSR count). The van der Waals surface area contributed by atoms with Crippen molar-refractivity contribution in [3.63, 3.8) is 0 Å². The van der Waals surface area contributed by atoms with Gasteiger partial charge in [0.2, 0.25) is 0 Å². The highest BCUT2D eigenvalue weighted by molar-refractivity contribution is 5.77. The second kappa shape index (κ2) is 8.77. The maximum atomic E-state index is 11.2. The van der Waals surface area contributed by atoms with E-state index < -0.39 is 0 Å². The summed E-state index contributed by atoms with van der Waals surface area (Å²) in [5.41, 5.74) is 4.34. The molecule has 3 nitrogen and oxygen atoms in total. The van der Waals surface area contributed by atoms with Crippen LogP contribution in [-0.4, -0.2) is 54.9 Å². The number of benzene rings is 1. The molecule has 1 fully saturated rings. The Kier molecular flexibility index (Phi) is 6.44. The van der Waals surface area contributed by atoms with Gasteiger partial charge in [0.1, 0.15) is 5.78 Å². The van der Waals surface area contributed by atoms with Gasteiger partial charge in [-0.25, -0.2) is 0 Å². The van der Waals surface area contributed by atoms with Crippen LogP contribution in [0.2, 0.25) is 0 Å². The Labute approximate surface area is 152 Å². The minimum atomic E-state index is 0.294. The third-order valence-electron chi connectivity index (χ3n) is 5.79. The molecular weight excluding hydrogens is 308 g/mol. The van der Waals surface area contributed by atoms with Crippen LogP contribution in [-0.2, 0) is 4.79 Å². The van der Waals surface area contributed by atoms with Gasteiger partial charge in [-0.3, -0.25) is 14.6 Å². The van der Waals surface area contributed by atoms with E-state index in [-0.39, 0.29) is 0 Å². The third kappa shape index (κ3) is 5.26. The number of rotatable bonds is 6. The van der Waals surface area contributed by atoms with Crippen molar-refractivity contribution in [3.8, 4) is 0 Å².